The van der Waals surface area contributed by atoms with Gasteiger partial charge in [0.15, 0.2) is 0 Å². The third kappa shape index (κ3) is 6.66. The third-order valence-corrected chi connectivity index (χ3v) is 12.2. The Morgan fingerprint density at radius 1 is 0.556 bits per heavy atom. The van der Waals surface area contributed by atoms with Gasteiger partial charge in [0.1, 0.15) is 23.3 Å². The molecule has 0 amide bonds. The molecule has 0 fully saturated rings. The van der Waals surface area contributed by atoms with Crippen LogP contribution in [0.15, 0.2) is 177 Å². The number of para-hydroxylation sites is 5. The van der Waals surface area contributed by atoms with Gasteiger partial charge in [0.2, 0.25) is 0 Å². The molecule has 2 N–H and O–H groups in total. The second-order valence-electron chi connectivity index (χ2n) is 15.9. The Morgan fingerprint density at radius 3 is 1.49 bits per heavy atom. The van der Waals surface area contributed by atoms with Gasteiger partial charge in [-0.2, -0.15) is 10.5 Å². The summed E-state index contributed by atoms with van der Waals surface area (Å²) in [5, 5.41) is 34.6. The molecule has 2 heterocycles. The zero-order valence-electron chi connectivity index (χ0n) is 35.1. The molecule has 2 aliphatic rings. The van der Waals surface area contributed by atoms with Crippen molar-refractivity contribution >= 4 is 72.7 Å². The summed E-state index contributed by atoms with van der Waals surface area (Å²) >= 11 is 0. The molecule has 6 aromatic carbocycles. The van der Waals surface area contributed by atoms with Gasteiger partial charge in [-0.15, -0.1) is 0 Å². The summed E-state index contributed by atoms with van der Waals surface area (Å²) in [6, 6.07) is 46.7. The Kier molecular flexibility index (Phi) is 10.2. The Balaban J connectivity index is 1.41. The van der Waals surface area contributed by atoms with Crippen molar-refractivity contribution in [2.24, 2.45) is 0 Å². The highest BCUT2D eigenvalue weighted by Gasteiger charge is 2.32. The third-order valence-electron chi connectivity index (χ3n) is 12.2. The van der Waals surface area contributed by atoms with Crippen molar-refractivity contribution < 1.29 is 0 Å². The van der Waals surface area contributed by atoms with Gasteiger partial charge in [-0.25, -0.2) is 0 Å². The average molecular weight is 813 g/mol. The van der Waals surface area contributed by atoms with Gasteiger partial charge in [0, 0.05) is 44.4 Å². The molecule has 2 aromatic heterocycles. The number of allylic oxidation sites excluding steroid dienone is 10. The molecule has 2 aliphatic carbocycles. The van der Waals surface area contributed by atoms with E-state index < -0.39 is 0 Å². The Bertz CT molecular complexity index is 3230. The van der Waals surface area contributed by atoms with Crippen LogP contribution in [-0.4, -0.2) is 9.13 Å². The molecule has 6 heteroatoms. The van der Waals surface area contributed by atoms with Gasteiger partial charge in [-0.05, 0) is 85.7 Å². The molecule has 0 saturated carbocycles. The number of aromatic nitrogens is 2. The monoisotopic (exact) mass is 812 g/mol. The summed E-state index contributed by atoms with van der Waals surface area (Å²) in [6.45, 7) is 6.15. The lowest BCUT2D eigenvalue weighted by Gasteiger charge is -2.27. The van der Waals surface area contributed by atoms with Crippen LogP contribution in [0.2, 0.25) is 0 Å². The van der Waals surface area contributed by atoms with Crippen LogP contribution >= 0.6 is 0 Å². The molecule has 0 atom stereocenters. The fraction of sp³-hybridized carbons (Fsp3) is 0.0877. The highest BCUT2D eigenvalue weighted by molar-refractivity contribution is 6.11. The lowest BCUT2D eigenvalue weighted by Crippen LogP contribution is -2.15. The largest absolute Gasteiger partial charge is 0.352 e. The van der Waals surface area contributed by atoms with E-state index in [0.717, 1.165) is 103 Å². The number of anilines is 4. The second kappa shape index (κ2) is 16.6. The van der Waals surface area contributed by atoms with E-state index in [2.05, 4.69) is 167 Å². The predicted molar refractivity (Wildman–Crippen MR) is 263 cm³/mol. The van der Waals surface area contributed by atoms with Crippen LogP contribution in [0, 0.1) is 29.6 Å². The molecule has 6 nitrogen and oxygen atoms in total. The highest BCUT2D eigenvalue weighted by atomic mass is 15.1. The SMILES string of the molecule is C=C/C=C\c1c(C)c2ccccc2n1-c1c(Nc2ccccc2C2=CCCC=C2)c(C#N)c(-n2c3ccccc3c3ccccc32)c(C#N)c1Nc1ccccc1C1=CCCC=C1. The molecule has 10 rings (SSSR count). The number of nitrogens with zero attached hydrogens (tertiary/aromatic N) is 4. The molecule has 8 aromatic rings. The van der Waals surface area contributed by atoms with Crippen molar-refractivity contribution in [2.45, 2.75) is 32.6 Å². The molecule has 0 bridgehead atoms. The maximum Gasteiger partial charge on any atom is 0.104 e. The van der Waals surface area contributed by atoms with E-state index >= 15 is 0 Å². The first-order valence-electron chi connectivity index (χ1n) is 21.5. The summed E-state index contributed by atoms with van der Waals surface area (Å²) in [7, 11) is 0. The van der Waals surface area contributed by atoms with E-state index in [4.69, 9.17) is 0 Å². The summed E-state index contributed by atoms with van der Waals surface area (Å²) < 4.78 is 4.31. The number of fused-ring (bicyclic) bond motifs is 4. The minimum absolute atomic E-state index is 0.335. The lowest BCUT2D eigenvalue weighted by molar-refractivity contribution is 1.04. The Labute approximate surface area is 367 Å². The number of benzene rings is 6. The number of hydrogen-bond acceptors (Lipinski definition) is 4. The van der Waals surface area contributed by atoms with Gasteiger partial charge in [-0.1, -0.05) is 146 Å². The number of nitriles is 2. The van der Waals surface area contributed by atoms with E-state index in [1.54, 1.807) is 6.08 Å². The summed E-state index contributed by atoms with van der Waals surface area (Å²) in [6.07, 6.45) is 23.0. The second-order valence-corrected chi connectivity index (χ2v) is 15.9. The number of nitrogens with one attached hydrogen (secondary N) is 2. The molecular formula is C57H44N6. The maximum atomic E-state index is 11.8. The highest BCUT2D eigenvalue weighted by Crippen LogP contribution is 2.49. The first-order valence-corrected chi connectivity index (χ1v) is 21.5. The van der Waals surface area contributed by atoms with E-state index in [0.29, 0.717) is 33.9 Å². The molecule has 0 saturated heterocycles. The zero-order valence-corrected chi connectivity index (χ0v) is 35.1. The van der Waals surface area contributed by atoms with Crippen LogP contribution in [0.5, 0.6) is 0 Å². The number of hydrogen-bond donors (Lipinski definition) is 2. The topological polar surface area (TPSA) is 81.5 Å². The van der Waals surface area contributed by atoms with Gasteiger partial charge >= 0.3 is 0 Å². The van der Waals surface area contributed by atoms with Crippen molar-refractivity contribution in [3.63, 3.8) is 0 Å². The quantitative estimate of drug-likeness (QED) is 0.135. The zero-order chi connectivity index (χ0) is 42.9. The Hall–Kier alpha value is -8.32. The predicted octanol–water partition coefficient (Wildman–Crippen LogP) is 14.9. The van der Waals surface area contributed by atoms with E-state index in [1.807, 2.05) is 48.5 Å². The minimum Gasteiger partial charge on any atom is -0.352 e. The standard InChI is InChI=1S/C57H44N6/c1-3-4-32-50-38(2)41-25-13-18-33-51(41)62(50)57-54(60-48-30-16-11-26-42(48)39-21-7-5-8-22-39)46(36-58)56(63-52-34-19-14-28-44(52)45-29-15-20-35-53(45)63)47(37-59)55(57)61-49-31-17-12-27-43(49)40-23-9-6-10-24-40/h3-4,7,9,11-35,60-61H,1,5-6,8,10H2,2H3/b32-4-. The van der Waals surface area contributed by atoms with E-state index in [-0.39, 0.29) is 0 Å². The van der Waals surface area contributed by atoms with E-state index in [1.165, 1.54) is 0 Å². The number of aryl methyl sites for hydroxylation is 1. The van der Waals surface area contributed by atoms with Gasteiger partial charge in [0.25, 0.3) is 0 Å². The van der Waals surface area contributed by atoms with Crippen molar-refractivity contribution in [3.8, 4) is 23.5 Å². The summed E-state index contributed by atoms with van der Waals surface area (Å²) in [5.74, 6) is 0. The average Bonchev–Trinajstić information content (AvgIpc) is 3.82. The van der Waals surface area contributed by atoms with Crippen LogP contribution < -0.4 is 10.6 Å². The van der Waals surface area contributed by atoms with Crippen molar-refractivity contribution in [1.29, 1.82) is 10.5 Å². The first kappa shape index (κ1) is 38.9. The van der Waals surface area contributed by atoms with Crippen LogP contribution in [0.1, 0.15) is 59.2 Å². The van der Waals surface area contributed by atoms with Crippen LogP contribution in [0.25, 0.3) is 61.3 Å². The fourth-order valence-corrected chi connectivity index (χ4v) is 9.40. The lowest BCUT2D eigenvalue weighted by atomic mass is 9.95. The van der Waals surface area contributed by atoms with Crippen LogP contribution in [-0.2, 0) is 0 Å². The summed E-state index contributed by atoms with van der Waals surface area (Å²) in [4.78, 5) is 0. The molecule has 63 heavy (non-hydrogen) atoms. The first-order chi connectivity index (χ1) is 31.1. The molecule has 0 spiro atoms. The smallest absolute Gasteiger partial charge is 0.104 e. The van der Waals surface area contributed by atoms with Gasteiger partial charge < -0.3 is 19.8 Å². The van der Waals surface area contributed by atoms with Gasteiger partial charge in [-0.3, -0.25) is 0 Å². The van der Waals surface area contributed by atoms with Crippen LogP contribution in [0.4, 0.5) is 22.7 Å². The van der Waals surface area contributed by atoms with Crippen molar-refractivity contribution in [3.05, 3.63) is 210 Å². The molecule has 0 aliphatic heterocycles. The normalized spacial score (nSPS) is 13.6. The van der Waals surface area contributed by atoms with Crippen molar-refractivity contribution in [2.75, 3.05) is 10.6 Å². The molecule has 302 valence electrons. The molecule has 0 radical (unpaired) electrons. The number of rotatable bonds is 10. The fourth-order valence-electron chi connectivity index (χ4n) is 9.40. The van der Waals surface area contributed by atoms with Crippen molar-refractivity contribution in [1.82, 2.24) is 9.13 Å². The summed E-state index contributed by atoms with van der Waals surface area (Å²) in [5.41, 5.74) is 13.5. The maximum absolute atomic E-state index is 11.8. The van der Waals surface area contributed by atoms with Gasteiger partial charge in [0.05, 0.1) is 39.3 Å². The van der Waals surface area contributed by atoms with Crippen LogP contribution in [0.3, 0.4) is 0 Å². The Morgan fingerprint density at radius 2 is 1.02 bits per heavy atom. The van der Waals surface area contributed by atoms with E-state index in [9.17, 15) is 10.5 Å². The molecular weight excluding hydrogens is 769 g/mol. The minimum atomic E-state index is 0.335. The molecule has 0 unspecified atom stereocenters.